The van der Waals surface area contributed by atoms with Gasteiger partial charge < -0.3 is 9.30 Å². The summed E-state index contributed by atoms with van der Waals surface area (Å²) in [6.07, 6.45) is 2.98. The molecule has 2 rings (SSSR count). The number of ketones is 1. The van der Waals surface area contributed by atoms with Crippen molar-refractivity contribution in [1.82, 2.24) is 9.55 Å². The summed E-state index contributed by atoms with van der Waals surface area (Å²) in [5.41, 5.74) is 0.775. The van der Waals surface area contributed by atoms with Crippen molar-refractivity contribution in [3.8, 4) is 5.75 Å². The number of imidazole rings is 1. The highest BCUT2D eigenvalue weighted by molar-refractivity contribution is 8.00. The van der Waals surface area contributed by atoms with Gasteiger partial charge in [0.1, 0.15) is 11.4 Å². The SMILES string of the molecule is COc1cc(C(=O)c2cncn2C)ccc1SC(C)(F)F. The van der Waals surface area contributed by atoms with Gasteiger partial charge in [0.05, 0.1) is 24.5 Å². The molecule has 0 saturated carbocycles. The minimum atomic E-state index is -2.92. The monoisotopic (exact) mass is 312 g/mol. The Balaban J connectivity index is 2.35. The second kappa shape index (κ2) is 5.85. The molecule has 0 aliphatic carbocycles. The van der Waals surface area contributed by atoms with Crippen LogP contribution in [0.25, 0.3) is 0 Å². The van der Waals surface area contributed by atoms with E-state index < -0.39 is 5.25 Å². The summed E-state index contributed by atoms with van der Waals surface area (Å²) in [6.45, 7) is 0.811. The number of alkyl halides is 2. The Morgan fingerprint density at radius 2 is 2.14 bits per heavy atom. The minimum Gasteiger partial charge on any atom is -0.496 e. The number of ether oxygens (including phenoxy) is 1. The summed E-state index contributed by atoms with van der Waals surface area (Å²) in [4.78, 5) is 16.5. The van der Waals surface area contributed by atoms with E-state index in [0.717, 1.165) is 6.92 Å². The molecule has 21 heavy (non-hydrogen) atoms. The zero-order valence-corrected chi connectivity index (χ0v) is 12.6. The fourth-order valence-corrected chi connectivity index (χ4v) is 2.58. The van der Waals surface area contributed by atoms with Crippen LogP contribution in [0.15, 0.2) is 35.6 Å². The van der Waals surface area contributed by atoms with Gasteiger partial charge in [-0.1, -0.05) is 0 Å². The van der Waals surface area contributed by atoms with Gasteiger partial charge in [-0.2, -0.15) is 8.78 Å². The Bertz CT molecular complexity index is 665. The number of carbonyl (C=O) groups is 1. The molecule has 0 unspecified atom stereocenters. The normalized spacial score (nSPS) is 11.5. The Hall–Kier alpha value is -1.89. The predicted molar refractivity (Wildman–Crippen MR) is 76.1 cm³/mol. The van der Waals surface area contributed by atoms with Crippen LogP contribution in [0.5, 0.6) is 5.75 Å². The number of nitrogens with zero attached hydrogens (tertiary/aromatic N) is 2. The molecule has 0 spiro atoms. The van der Waals surface area contributed by atoms with Crippen LogP contribution in [0, 0.1) is 0 Å². The maximum atomic E-state index is 13.1. The quantitative estimate of drug-likeness (QED) is 0.627. The first-order valence-electron chi connectivity index (χ1n) is 6.07. The molecule has 1 aromatic carbocycles. The molecule has 0 aliphatic rings. The van der Waals surface area contributed by atoms with Crippen LogP contribution < -0.4 is 4.74 Å². The fraction of sp³-hybridized carbons (Fsp3) is 0.286. The summed E-state index contributed by atoms with van der Waals surface area (Å²) >= 11 is 0.386. The molecule has 4 nitrogen and oxygen atoms in total. The van der Waals surface area contributed by atoms with Crippen LogP contribution in [0.4, 0.5) is 8.78 Å². The largest absolute Gasteiger partial charge is 0.496 e. The van der Waals surface area contributed by atoms with Crippen LogP contribution in [-0.2, 0) is 7.05 Å². The Kier molecular flexibility index (Phi) is 4.32. The molecule has 0 N–H and O–H groups in total. The van der Waals surface area contributed by atoms with Crippen molar-refractivity contribution < 1.29 is 18.3 Å². The molecule has 0 fully saturated rings. The number of hydrogen-bond donors (Lipinski definition) is 0. The predicted octanol–water partition coefficient (Wildman–Crippen LogP) is 3.36. The van der Waals surface area contributed by atoms with Crippen LogP contribution in [0.2, 0.25) is 0 Å². The van der Waals surface area contributed by atoms with Gasteiger partial charge in [-0.25, -0.2) is 4.98 Å². The van der Waals surface area contributed by atoms with E-state index in [-0.39, 0.29) is 16.4 Å². The fourth-order valence-electron chi connectivity index (χ4n) is 1.81. The standard InChI is InChI=1S/C14H14F2N2O2S/c1-14(15,16)21-12-5-4-9(6-11(12)20-3)13(19)10-7-17-8-18(10)2/h4-8H,1-3H3. The molecule has 0 amide bonds. The first kappa shape index (κ1) is 15.5. The lowest BCUT2D eigenvalue weighted by Gasteiger charge is -2.13. The molecule has 7 heteroatoms. The Morgan fingerprint density at radius 1 is 1.43 bits per heavy atom. The average Bonchev–Trinajstić information content (AvgIpc) is 2.83. The van der Waals surface area contributed by atoms with Crippen LogP contribution in [0.1, 0.15) is 23.0 Å². The van der Waals surface area contributed by atoms with Crippen molar-refractivity contribution in [1.29, 1.82) is 0 Å². The van der Waals surface area contributed by atoms with E-state index in [2.05, 4.69) is 4.98 Å². The summed E-state index contributed by atoms with van der Waals surface area (Å²) < 4.78 is 32.9. The van der Waals surface area contributed by atoms with Crippen molar-refractivity contribution in [2.75, 3.05) is 7.11 Å². The molecule has 0 aliphatic heterocycles. The number of methoxy groups -OCH3 is 1. The number of hydrogen-bond acceptors (Lipinski definition) is 4. The van der Waals surface area contributed by atoms with Gasteiger partial charge in [0.15, 0.2) is 0 Å². The van der Waals surface area contributed by atoms with Crippen LogP contribution >= 0.6 is 11.8 Å². The summed E-state index contributed by atoms with van der Waals surface area (Å²) in [5, 5.41) is -2.92. The zero-order valence-electron chi connectivity index (χ0n) is 11.8. The second-order valence-electron chi connectivity index (χ2n) is 4.49. The van der Waals surface area contributed by atoms with Gasteiger partial charge in [-0.3, -0.25) is 4.79 Å². The lowest BCUT2D eigenvalue weighted by Crippen LogP contribution is -2.08. The third kappa shape index (κ3) is 3.60. The first-order valence-corrected chi connectivity index (χ1v) is 6.89. The minimum absolute atomic E-state index is 0.242. The molecule has 0 radical (unpaired) electrons. The first-order chi connectivity index (χ1) is 9.81. The van der Waals surface area contributed by atoms with Crippen molar-refractivity contribution in [3.05, 3.63) is 42.0 Å². The van der Waals surface area contributed by atoms with Crippen LogP contribution in [-0.4, -0.2) is 27.7 Å². The lowest BCUT2D eigenvalue weighted by molar-refractivity contribution is 0.103. The zero-order chi connectivity index (χ0) is 15.6. The highest BCUT2D eigenvalue weighted by Crippen LogP contribution is 2.40. The highest BCUT2D eigenvalue weighted by Gasteiger charge is 2.25. The third-order valence-corrected chi connectivity index (χ3v) is 3.68. The van der Waals surface area contributed by atoms with Gasteiger partial charge in [0.2, 0.25) is 5.78 Å². The molecule has 1 heterocycles. The number of carbonyl (C=O) groups excluding carboxylic acids is 1. The molecular weight excluding hydrogens is 298 g/mol. The molecule has 2 aromatic rings. The maximum Gasteiger partial charge on any atom is 0.295 e. The third-order valence-electron chi connectivity index (χ3n) is 2.76. The summed E-state index contributed by atoms with van der Waals surface area (Å²) in [6, 6.07) is 4.43. The number of benzene rings is 1. The number of halogens is 2. The number of thioether (sulfide) groups is 1. The van der Waals surface area contributed by atoms with E-state index in [1.54, 1.807) is 11.6 Å². The number of rotatable bonds is 5. The molecule has 0 atom stereocenters. The highest BCUT2D eigenvalue weighted by atomic mass is 32.2. The molecule has 112 valence electrons. The smallest absolute Gasteiger partial charge is 0.295 e. The van der Waals surface area contributed by atoms with E-state index in [0.29, 0.717) is 23.0 Å². The van der Waals surface area contributed by atoms with E-state index >= 15 is 0 Å². The summed E-state index contributed by atoms with van der Waals surface area (Å²) in [5.74, 6) is 0.00246. The van der Waals surface area contributed by atoms with Crippen molar-refractivity contribution in [3.63, 3.8) is 0 Å². The molecular formula is C14H14F2N2O2S. The molecule has 0 bridgehead atoms. The van der Waals surface area contributed by atoms with Gasteiger partial charge in [-0.05, 0) is 30.0 Å². The Morgan fingerprint density at radius 3 is 2.67 bits per heavy atom. The van der Waals surface area contributed by atoms with E-state index in [9.17, 15) is 13.6 Å². The molecule has 1 aromatic heterocycles. The topological polar surface area (TPSA) is 44.1 Å². The second-order valence-corrected chi connectivity index (χ2v) is 5.86. The number of aromatic nitrogens is 2. The van der Waals surface area contributed by atoms with Crippen LogP contribution in [0.3, 0.4) is 0 Å². The van der Waals surface area contributed by atoms with E-state index in [1.165, 1.54) is 37.8 Å². The van der Waals surface area contributed by atoms with Crippen molar-refractivity contribution in [2.24, 2.45) is 7.05 Å². The molecule has 0 saturated heterocycles. The maximum absolute atomic E-state index is 13.1. The average molecular weight is 312 g/mol. The summed E-state index contributed by atoms with van der Waals surface area (Å²) in [7, 11) is 3.09. The van der Waals surface area contributed by atoms with Gasteiger partial charge >= 0.3 is 0 Å². The van der Waals surface area contributed by atoms with Crippen molar-refractivity contribution in [2.45, 2.75) is 17.1 Å². The van der Waals surface area contributed by atoms with Gasteiger partial charge in [-0.15, -0.1) is 0 Å². The van der Waals surface area contributed by atoms with Gasteiger partial charge in [0.25, 0.3) is 5.25 Å². The Labute approximate surface area is 125 Å². The van der Waals surface area contributed by atoms with E-state index in [1.807, 2.05) is 0 Å². The van der Waals surface area contributed by atoms with E-state index in [4.69, 9.17) is 4.74 Å². The van der Waals surface area contributed by atoms with Gasteiger partial charge in [0, 0.05) is 19.5 Å². The number of aryl methyl sites for hydroxylation is 1. The lowest BCUT2D eigenvalue weighted by atomic mass is 10.1. The van der Waals surface area contributed by atoms with Crippen molar-refractivity contribution >= 4 is 17.5 Å².